The molecule has 0 aromatic rings. The molecule has 1 unspecified atom stereocenters. The normalized spacial score (nSPS) is 49.1. The maximum Gasteiger partial charge on any atom is 0.309 e. The summed E-state index contributed by atoms with van der Waals surface area (Å²) < 4.78 is 0. The van der Waals surface area contributed by atoms with Gasteiger partial charge in [-0.05, 0) is 87.4 Å². The van der Waals surface area contributed by atoms with Crippen LogP contribution in [0.2, 0.25) is 0 Å². The van der Waals surface area contributed by atoms with E-state index in [9.17, 15) is 9.90 Å². The molecule has 0 amide bonds. The Balaban J connectivity index is 1.69. The second-order valence-corrected chi connectivity index (χ2v) is 7.82. The number of hydrogen-bond donors (Lipinski definition) is 1. The highest BCUT2D eigenvalue weighted by Gasteiger charge is 2.61. The zero-order valence-corrected chi connectivity index (χ0v) is 11.3. The summed E-state index contributed by atoms with van der Waals surface area (Å²) in [6.07, 6.45) is 9.13. The van der Waals surface area contributed by atoms with Gasteiger partial charge < -0.3 is 5.11 Å². The largest absolute Gasteiger partial charge is 0.481 e. The van der Waals surface area contributed by atoms with Crippen LogP contribution in [0.25, 0.3) is 0 Å². The van der Waals surface area contributed by atoms with Gasteiger partial charge in [-0.3, -0.25) is 4.79 Å². The maximum absolute atomic E-state index is 11.9. The third kappa shape index (κ3) is 1.38. The van der Waals surface area contributed by atoms with Crippen molar-refractivity contribution in [1.29, 1.82) is 0 Å². The number of aliphatic carboxylic acids is 1. The van der Waals surface area contributed by atoms with E-state index in [4.69, 9.17) is 0 Å². The van der Waals surface area contributed by atoms with Crippen LogP contribution in [-0.4, -0.2) is 11.1 Å². The fraction of sp³-hybridized carbons (Fsp3) is 0.938. The van der Waals surface area contributed by atoms with Crippen molar-refractivity contribution in [2.24, 2.45) is 40.9 Å². The first-order valence-corrected chi connectivity index (χ1v) is 7.82. The van der Waals surface area contributed by atoms with Gasteiger partial charge in [-0.1, -0.05) is 0 Å². The summed E-state index contributed by atoms with van der Waals surface area (Å²) in [5.41, 5.74) is -0.400. The lowest BCUT2D eigenvalue weighted by atomic mass is 9.46. The average molecular weight is 248 g/mol. The lowest BCUT2D eigenvalue weighted by Gasteiger charge is -2.58. The van der Waals surface area contributed by atoms with Gasteiger partial charge in [-0.25, -0.2) is 0 Å². The van der Waals surface area contributed by atoms with Gasteiger partial charge in [0.2, 0.25) is 0 Å². The van der Waals surface area contributed by atoms with E-state index in [1.165, 1.54) is 32.1 Å². The lowest BCUT2D eigenvalue weighted by molar-refractivity contribution is -0.167. The molecular formula is C16H24O2. The van der Waals surface area contributed by atoms with E-state index in [2.05, 4.69) is 6.92 Å². The summed E-state index contributed by atoms with van der Waals surface area (Å²) in [5.74, 6) is 3.85. The van der Waals surface area contributed by atoms with Gasteiger partial charge in [-0.2, -0.15) is 0 Å². The number of carbonyl (C=O) groups is 1. The van der Waals surface area contributed by atoms with E-state index in [0.29, 0.717) is 11.8 Å². The molecule has 0 aliphatic heterocycles. The molecule has 0 spiro atoms. The van der Waals surface area contributed by atoms with Gasteiger partial charge in [-0.15, -0.1) is 0 Å². The summed E-state index contributed by atoms with van der Waals surface area (Å²) in [4.78, 5) is 11.9. The molecule has 5 saturated carbocycles. The smallest absolute Gasteiger partial charge is 0.309 e. The second kappa shape index (κ2) is 3.52. The van der Waals surface area contributed by atoms with Gasteiger partial charge in [0.25, 0.3) is 0 Å². The van der Waals surface area contributed by atoms with E-state index in [-0.39, 0.29) is 0 Å². The lowest BCUT2D eigenvalue weighted by Crippen LogP contribution is -2.54. The van der Waals surface area contributed by atoms with E-state index in [1.807, 2.05) is 0 Å². The van der Waals surface area contributed by atoms with Gasteiger partial charge in [0, 0.05) is 0 Å². The van der Waals surface area contributed by atoms with Crippen molar-refractivity contribution in [2.75, 3.05) is 0 Å². The summed E-state index contributed by atoms with van der Waals surface area (Å²) in [5, 5.41) is 9.83. The van der Waals surface area contributed by atoms with Crippen LogP contribution in [0.1, 0.15) is 51.9 Å². The molecule has 5 aliphatic rings. The number of carboxylic acids is 1. The van der Waals surface area contributed by atoms with Crippen LogP contribution in [0.15, 0.2) is 0 Å². The molecule has 1 N–H and O–H groups in total. The van der Waals surface area contributed by atoms with Crippen molar-refractivity contribution in [2.45, 2.75) is 51.9 Å². The van der Waals surface area contributed by atoms with Crippen LogP contribution in [0.5, 0.6) is 0 Å². The molecule has 1 atom stereocenters. The van der Waals surface area contributed by atoms with Gasteiger partial charge >= 0.3 is 5.97 Å². The molecule has 2 heteroatoms. The first-order chi connectivity index (χ1) is 8.59. The summed E-state index contributed by atoms with van der Waals surface area (Å²) >= 11 is 0. The van der Waals surface area contributed by atoms with E-state index in [0.717, 1.165) is 36.5 Å². The second-order valence-electron chi connectivity index (χ2n) is 7.82. The van der Waals surface area contributed by atoms with Crippen LogP contribution < -0.4 is 0 Å². The minimum atomic E-state index is -0.498. The Morgan fingerprint density at radius 2 is 1.50 bits per heavy atom. The molecule has 100 valence electrons. The first-order valence-electron chi connectivity index (χ1n) is 7.82. The van der Waals surface area contributed by atoms with Crippen molar-refractivity contribution in [3.63, 3.8) is 0 Å². The molecule has 0 aromatic carbocycles. The van der Waals surface area contributed by atoms with Gasteiger partial charge in [0.1, 0.15) is 0 Å². The topological polar surface area (TPSA) is 37.3 Å². The van der Waals surface area contributed by atoms with Crippen molar-refractivity contribution < 1.29 is 9.90 Å². The van der Waals surface area contributed by atoms with Crippen molar-refractivity contribution in [3.8, 4) is 0 Å². The molecule has 0 radical (unpaired) electrons. The first kappa shape index (κ1) is 11.3. The SMILES string of the molecule is CC(C(=O)O)(C1CC1)C1C2CC3CC(C2)CC1C3. The molecule has 0 aromatic heterocycles. The van der Waals surface area contributed by atoms with Gasteiger partial charge in [0.05, 0.1) is 5.41 Å². The standard InChI is InChI=1S/C16H24O2/c1-16(15(17)18,13-2-3-13)14-11-5-9-4-10(7-11)8-12(14)6-9/h9-14H,2-8H2,1H3,(H,17,18). The summed E-state index contributed by atoms with van der Waals surface area (Å²) in [7, 11) is 0. The fourth-order valence-corrected chi connectivity index (χ4v) is 6.18. The van der Waals surface area contributed by atoms with Crippen LogP contribution in [0.4, 0.5) is 0 Å². The maximum atomic E-state index is 11.9. The minimum Gasteiger partial charge on any atom is -0.481 e. The van der Waals surface area contributed by atoms with Crippen LogP contribution in [0, 0.1) is 40.9 Å². The molecular weight excluding hydrogens is 224 g/mol. The number of rotatable bonds is 3. The molecule has 0 saturated heterocycles. The van der Waals surface area contributed by atoms with Crippen molar-refractivity contribution >= 4 is 5.97 Å². The van der Waals surface area contributed by atoms with Crippen molar-refractivity contribution in [3.05, 3.63) is 0 Å². The zero-order valence-electron chi connectivity index (χ0n) is 11.3. The summed E-state index contributed by atoms with van der Waals surface area (Å²) in [6.45, 7) is 2.08. The van der Waals surface area contributed by atoms with E-state index < -0.39 is 11.4 Å². The van der Waals surface area contributed by atoms with Crippen LogP contribution in [-0.2, 0) is 4.79 Å². The Bertz CT molecular complexity index is 357. The predicted octanol–water partition coefficient (Wildman–Crippen LogP) is 3.56. The Labute approximate surface area is 109 Å². The Kier molecular flexibility index (Phi) is 2.21. The number of carboxylic acid groups (broad SMARTS) is 1. The molecule has 18 heavy (non-hydrogen) atoms. The minimum absolute atomic E-state index is 0.400. The fourth-order valence-electron chi connectivity index (χ4n) is 6.18. The molecule has 0 heterocycles. The predicted molar refractivity (Wildman–Crippen MR) is 69.0 cm³/mol. The molecule has 2 nitrogen and oxygen atoms in total. The Morgan fingerprint density at radius 3 is 1.89 bits per heavy atom. The highest BCUT2D eigenvalue weighted by molar-refractivity contribution is 5.75. The Morgan fingerprint density at radius 1 is 1.00 bits per heavy atom. The number of hydrogen-bond acceptors (Lipinski definition) is 1. The van der Waals surface area contributed by atoms with E-state index in [1.54, 1.807) is 0 Å². The van der Waals surface area contributed by atoms with Crippen molar-refractivity contribution in [1.82, 2.24) is 0 Å². The summed E-state index contributed by atoms with van der Waals surface area (Å²) in [6, 6.07) is 0. The zero-order chi connectivity index (χ0) is 12.5. The van der Waals surface area contributed by atoms with Crippen LogP contribution in [0.3, 0.4) is 0 Å². The molecule has 5 fully saturated rings. The third-order valence-electron chi connectivity index (χ3n) is 6.81. The average Bonchev–Trinajstić information content (AvgIpc) is 3.10. The third-order valence-corrected chi connectivity index (χ3v) is 6.81. The molecule has 5 rings (SSSR count). The van der Waals surface area contributed by atoms with E-state index >= 15 is 0 Å². The molecule has 4 bridgehead atoms. The molecule has 5 aliphatic carbocycles. The highest BCUT2D eigenvalue weighted by atomic mass is 16.4. The Hall–Kier alpha value is -0.530. The quantitative estimate of drug-likeness (QED) is 0.829. The van der Waals surface area contributed by atoms with Gasteiger partial charge in [0.15, 0.2) is 0 Å². The monoisotopic (exact) mass is 248 g/mol. The van der Waals surface area contributed by atoms with Crippen LogP contribution >= 0.6 is 0 Å². The highest BCUT2D eigenvalue weighted by Crippen LogP contribution is 2.64.